The van der Waals surface area contributed by atoms with E-state index in [4.69, 9.17) is 0 Å². The van der Waals surface area contributed by atoms with Crippen LogP contribution in [0.3, 0.4) is 0 Å². The Labute approximate surface area is 121 Å². The smallest absolute Gasteiger partial charge is 0.275 e. The maximum Gasteiger partial charge on any atom is 0.275 e. The highest BCUT2D eigenvalue weighted by atomic mass is 32.1. The van der Waals surface area contributed by atoms with Gasteiger partial charge in [0.2, 0.25) is 4.96 Å². The summed E-state index contributed by atoms with van der Waals surface area (Å²) in [5.74, 6) is 0. The van der Waals surface area contributed by atoms with E-state index in [9.17, 15) is 4.79 Å². The van der Waals surface area contributed by atoms with Crippen LogP contribution in [-0.2, 0) is 6.54 Å². The molecule has 0 aromatic carbocycles. The first-order valence-corrected chi connectivity index (χ1v) is 7.93. The topological polar surface area (TPSA) is 62.5 Å². The van der Waals surface area contributed by atoms with Crippen molar-refractivity contribution >= 4 is 16.3 Å². The molecule has 1 fully saturated rings. The number of fused-ring (bicyclic) bond motifs is 1. The van der Waals surface area contributed by atoms with Gasteiger partial charge in [0.05, 0.1) is 5.69 Å². The molecule has 0 saturated carbocycles. The van der Waals surface area contributed by atoms with Crippen molar-refractivity contribution in [2.45, 2.75) is 32.4 Å². The number of hydrogen-bond donors (Lipinski definition) is 1. The van der Waals surface area contributed by atoms with E-state index < -0.39 is 0 Å². The van der Waals surface area contributed by atoms with Gasteiger partial charge in [0.1, 0.15) is 5.51 Å². The molecule has 20 heavy (non-hydrogen) atoms. The van der Waals surface area contributed by atoms with Crippen molar-refractivity contribution in [3.8, 4) is 0 Å². The van der Waals surface area contributed by atoms with Crippen molar-refractivity contribution in [1.29, 1.82) is 0 Å². The zero-order chi connectivity index (χ0) is 13.9. The van der Waals surface area contributed by atoms with Crippen molar-refractivity contribution in [2.24, 2.45) is 0 Å². The quantitative estimate of drug-likeness (QED) is 0.900. The van der Waals surface area contributed by atoms with Crippen LogP contribution in [0.25, 0.3) is 4.96 Å². The molecule has 1 saturated heterocycles. The van der Waals surface area contributed by atoms with Gasteiger partial charge in [0.15, 0.2) is 0 Å². The van der Waals surface area contributed by atoms with E-state index in [1.165, 1.54) is 15.9 Å². The maximum absolute atomic E-state index is 11.9. The van der Waals surface area contributed by atoms with E-state index in [0.717, 1.165) is 44.7 Å². The number of nitrogens with one attached hydrogen (secondary N) is 1. The molecule has 1 aliphatic heterocycles. The third kappa shape index (κ3) is 2.74. The van der Waals surface area contributed by atoms with Crippen LogP contribution < -0.4 is 10.9 Å². The molecule has 2 aromatic heterocycles. The Kier molecular flexibility index (Phi) is 4.09. The maximum atomic E-state index is 11.9. The lowest BCUT2D eigenvalue weighted by Gasteiger charge is -2.33. The SMILES string of the molecule is CCN(Cc1cc(=O)n2ncsc2n1)C1CCNCC1. The first-order valence-electron chi connectivity index (χ1n) is 7.05. The summed E-state index contributed by atoms with van der Waals surface area (Å²) in [5.41, 5.74) is 2.41. The minimum Gasteiger partial charge on any atom is -0.317 e. The highest BCUT2D eigenvalue weighted by Gasteiger charge is 2.20. The number of nitrogens with zero attached hydrogens (tertiary/aromatic N) is 4. The zero-order valence-corrected chi connectivity index (χ0v) is 12.4. The van der Waals surface area contributed by atoms with Crippen molar-refractivity contribution in [2.75, 3.05) is 19.6 Å². The summed E-state index contributed by atoms with van der Waals surface area (Å²) >= 11 is 1.40. The molecule has 1 N–H and O–H groups in total. The van der Waals surface area contributed by atoms with Crippen LogP contribution in [0.2, 0.25) is 0 Å². The van der Waals surface area contributed by atoms with Gasteiger partial charge in [-0.1, -0.05) is 18.3 Å². The summed E-state index contributed by atoms with van der Waals surface area (Å²) in [6, 6.07) is 2.19. The van der Waals surface area contributed by atoms with Gasteiger partial charge in [-0.25, -0.2) is 4.98 Å². The predicted octanol–water partition coefficient (Wildman–Crippen LogP) is 0.725. The van der Waals surface area contributed by atoms with Crippen molar-refractivity contribution in [3.63, 3.8) is 0 Å². The van der Waals surface area contributed by atoms with Crippen LogP contribution in [0.1, 0.15) is 25.5 Å². The Hall–Kier alpha value is -1.31. The summed E-state index contributed by atoms with van der Waals surface area (Å²) in [6.07, 6.45) is 2.32. The van der Waals surface area contributed by atoms with Crippen molar-refractivity contribution in [3.05, 3.63) is 27.6 Å². The lowest BCUT2D eigenvalue weighted by molar-refractivity contribution is 0.160. The van der Waals surface area contributed by atoms with Gasteiger partial charge in [-0.05, 0) is 32.5 Å². The number of rotatable bonds is 4. The normalized spacial score (nSPS) is 17.1. The molecule has 0 radical (unpaired) electrons. The average Bonchev–Trinajstić information content (AvgIpc) is 2.94. The molecule has 0 unspecified atom stereocenters. The molecule has 7 heteroatoms. The Morgan fingerprint density at radius 2 is 2.30 bits per heavy atom. The summed E-state index contributed by atoms with van der Waals surface area (Å²) in [6.45, 7) is 6.04. The fourth-order valence-electron chi connectivity index (χ4n) is 2.76. The van der Waals surface area contributed by atoms with Crippen molar-refractivity contribution < 1.29 is 0 Å². The van der Waals surface area contributed by atoms with Gasteiger partial charge < -0.3 is 5.32 Å². The monoisotopic (exact) mass is 293 g/mol. The number of aromatic nitrogens is 3. The third-order valence-electron chi connectivity index (χ3n) is 3.84. The van der Waals surface area contributed by atoms with Gasteiger partial charge >= 0.3 is 0 Å². The van der Waals surface area contributed by atoms with Gasteiger partial charge in [-0.2, -0.15) is 9.61 Å². The summed E-state index contributed by atoms with van der Waals surface area (Å²) < 4.78 is 1.36. The van der Waals surface area contributed by atoms with Crippen LogP contribution in [0.5, 0.6) is 0 Å². The van der Waals surface area contributed by atoms with Crippen molar-refractivity contribution in [1.82, 2.24) is 24.8 Å². The predicted molar refractivity (Wildman–Crippen MR) is 79.1 cm³/mol. The lowest BCUT2D eigenvalue weighted by Crippen LogP contribution is -2.42. The molecule has 0 bridgehead atoms. The third-order valence-corrected chi connectivity index (χ3v) is 4.51. The van der Waals surface area contributed by atoms with Crippen LogP contribution in [0, 0.1) is 0 Å². The second kappa shape index (κ2) is 5.99. The summed E-state index contributed by atoms with van der Waals surface area (Å²) in [5, 5.41) is 7.37. The van der Waals surface area contributed by atoms with Gasteiger partial charge in [-0.15, -0.1) is 0 Å². The molecular formula is C13H19N5OS. The molecule has 0 aliphatic carbocycles. The molecule has 3 heterocycles. The van der Waals surface area contributed by atoms with E-state index in [1.807, 2.05) is 0 Å². The van der Waals surface area contributed by atoms with Gasteiger partial charge in [0, 0.05) is 18.7 Å². The molecule has 0 amide bonds. The van der Waals surface area contributed by atoms with E-state index in [0.29, 0.717) is 11.0 Å². The second-order valence-electron chi connectivity index (χ2n) is 5.06. The van der Waals surface area contributed by atoms with Crippen LogP contribution >= 0.6 is 11.3 Å². The Balaban J connectivity index is 1.81. The molecule has 1 aliphatic rings. The summed E-state index contributed by atoms with van der Waals surface area (Å²) in [7, 11) is 0. The fraction of sp³-hybridized carbons (Fsp3) is 0.615. The number of piperidine rings is 1. The van der Waals surface area contributed by atoms with Crippen LogP contribution in [-0.4, -0.2) is 45.2 Å². The highest BCUT2D eigenvalue weighted by Crippen LogP contribution is 2.14. The van der Waals surface area contributed by atoms with Gasteiger partial charge in [-0.3, -0.25) is 9.69 Å². The van der Waals surface area contributed by atoms with E-state index >= 15 is 0 Å². The lowest BCUT2D eigenvalue weighted by atomic mass is 10.0. The Bertz CT molecular complexity index is 631. The molecule has 3 rings (SSSR count). The van der Waals surface area contributed by atoms with Crippen LogP contribution in [0.15, 0.2) is 16.4 Å². The largest absolute Gasteiger partial charge is 0.317 e. The standard InChI is InChI=1S/C13H19N5OS/c1-2-17(11-3-5-14-6-4-11)8-10-7-12(19)18-13(16-10)20-9-15-18/h7,9,11,14H,2-6,8H2,1H3. The Morgan fingerprint density at radius 1 is 1.50 bits per heavy atom. The minimum atomic E-state index is -0.0902. The first kappa shape index (κ1) is 13.7. The van der Waals surface area contributed by atoms with E-state index in [1.54, 1.807) is 11.6 Å². The zero-order valence-electron chi connectivity index (χ0n) is 11.6. The first-order chi connectivity index (χ1) is 9.78. The van der Waals surface area contributed by atoms with E-state index in [2.05, 4.69) is 27.2 Å². The molecule has 0 spiro atoms. The molecular weight excluding hydrogens is 274 g/mol. The number of hydrogen-bond acceptors (Lipinski definition) is 6. The van der Waals surface area contributed by atoms with E-state index in [-0.39, 0.29) is 5.56 Å². The average molecular weight is 293 g/mol. The fourth-order valence-corrected chi connectivity index (χ4v) is 3.40. The Morgan fingerprint density at radius 3 is 3.05 bits per heavy atom. The molecule has 2 aromatic rings. The van der Waals surface area contributed by atoms with Gasteiger partial charge in [0.25, 0.3) is 5.56 Å². The van der Waals surface area contributed by atoms with Crippen LogP contribution in [0.4, 0.5) is 0 Å². The summed E-state index contributed by atoms with van der Waals surface area (Å²) in [4.78, 5) is 19.6. The second-order valence-corrected chi connectivity index (χ2v) is 5.87. The highest BCUT2D eigenvalue weighted by molar-refractivity contribution is 7.14. The molecule has 0 atom stereocenters. The minimum absolute atomic E-state index is 0.0902. The molecule has 108 valence electrons. The molecule has 6 nitrogen and oxygen atoms in total.